The highest BCUT2D eigenvalue weighted by molar-refractivity contribution is 6.30. The predicted octanol–water partition coefficient (Wildman–Crippen LogP) is 4.33. The quantitative estimate of drug-likeness (QED) is 0.907. The second-order valence-electron chi connectivity index (χ2n) is 5.71. The number of piperidine rings is 1. The first kappa shape index (κ1) is 15.8. The molecule has 5 heteroatoms. The van der Waals surface area contributed by atoms with Crippen LogP contribution in [0.5, 0.6) is 0 Å². The van der Waals surface area contributed by atoms with Crippen LogP contribution in [0.1, 0.15) is 12.8 Å². The van der Waals surface area contributed by atoms with Crippen molar-refractivity contribution < 1.29 is 9.18 Å². The molecule has 0 aliphatic carbocycles. The van der Waals surface area contributed by atoms with E-state index in [1.54, 1.807) is 30.3 Å². The summed E-state index contributed by atoms with van der Waals surface area (Å²) in [4.78, 5) is 14.3. The van der Waals surface area contributed by atoms with Crippen molar-refractivity contribution in [2.45, 2.75) is 12.8 Å². The van der Waals surface area contributed by atoms with E-state index in [0.717, 1.165) is 0 Å². The lowest BCUT2D eigenvalue weighted by molar-refractivity contribution is -0.120. The number of rotatable bonds is 3. The number of carbonyl (C=O) groups is 1. The van der Waals surface area contributed by atoms with Gasteiger partial charge in [0.25, 0.3) is 0 Å². The van der Waals surface area contributed by atoms with Crippen molar-refractivity contribution in [2.75, 3.05) is 23.3 Å². The van der Waals surface area contributed by atoms with Crippen LogP contribution >= 0.6 is 11.6 Å². The van der Waals surface area contributed by atoms with Gasteiger partial charge in [-0.3, -0.25) is 4.79 Å². The smallest absolute Gasteiger partial charge is 0.227 e. The van der Waals surface area contributed by atoms with E-state index < -0.39 is 0 Å². The van der Waals surface area contributed by atoms with Crippen molar-refractivity contribution in [1.29, 1.82) is 0 Å². The minimum Gasteiger partial charge on any atom is -0.369 e. The van der Waals surface area contributed by atoms with Crippen LogP contribution in [0.3, 0.4) is 0 Å². The van der Waals surface area contributed by atoms with Gasteiger partial charge in [-0.2, -0.15) is 0 Å². The summed E-state index contributed by atoms with van der Waals surface area (Å²) in [6.07, 6.45) is 1.42. The topological polar surface area (TPSA) is 32.3 Å². The summed E-state index contributed by atoms with van der Waals surface area (Å²) in [5, 5.41) is 3.50. The molecule has 1 amide bonds. The molecule has 120 valence electrons. The Morgan fingerprint density at radius 1 is 1.13 bits per heavy atom. The Morgan fingerprint density at radius 3 is 2.57 bits per heavy atom. The molecule has 1 heterocycles. The van der Waals surface area contributed by atoms with Gasteiger partial charge < -0.3 is 10.2 Å². The van der Waals surface area contributed by atoms with Gasteiger partial charge >= 0.3 is 0 Å². The zero-order valence-electron chi connectivity index (χ0n) is 12.6. The van der Waals surface area contributed by atoms with Crippen molar-refractivity contribution >= 4 is 28.9 Å². The molecule has 1 fully saturated rings. The van der Waals surface area contributed by atoms with Crippen LogP contribution in [0.2, 0.25) is 5.02 Å². The van der Waals surface area contributed by atoms with Crippen molar-refractivity contribution in [3.63, 3.8) is 0 Å². The Bertz CT molecular complexity index is 699. The number of hydrogen-bond acceptors (Lipinski definition) is 2. The van der Waals surface area contributed by atoms with Gasteiger partial charge in [-0.1, -0.05) is 29.8 Å². The van der Waals surface area contributed by atoms with Crippen LogP contribution in [0.15, 0.2) is 48.5 Å². The van der Waals surface area contributed by atoms with Crippen LogP contribution in [0.4, 0.5) is 15.8 Å². The number of amides is 1. The third-order valence-electron chi connectivity index (χ3n) is 4.15. The highest BCUT2D eigenvalue weighted by Crippen LogP contribution is 2.26. The number of anilines is 2. The maximum Gasteiger partial charge on any atom is 0.227 e. The van der Waals surface area contributed by atoms with E-state index in [9.17, 15) is 9.18 Å². The van der Waals surface area contributed by atoms with Gasteiger partial charge in [0.05, 0.1) is 5.69 Å². The maximum atomic E-state index is 13.8. The van der Waals surface area contributed by atoms with Crippen LogP contribution in [0.25, 0.3) is 0 Å². The van der Waals surface area contributed by atoms with Crippen molar-refractivity contribution in [3.8, 4) is 0 Å². The third-order valence-corrected chi connectivity index (χ3v) is 4.39. The zero-order valence-corrected chi connectivity index (χ0v) is 13.4. The van der Waals surface area contributed by atoms with E-state index in [0.29, 0.717) is 42.3 Å². The summed E-state index contributed by atoms with van der Waals surface area (Å²) in [7, 11) is 0. The lowest BCUT2D eigenvalue weighted by Crippen LogP contribution is -2.38. The lowest BCUT2D eigenvalue weighted by atomic mass is 9.95. The molecule has 1 saturated heterocycles. The Labute approximate surface area is 140 Å². The van der Waals surface area contributed by atoms with E-state index in [1.165, 1.54) is 6.07 Å². The Morgan fingerprint density at radius 2 is 1.87 bits per heavy atom. The fraction of sp³-hybridized carbons (Fsp3) is 0.278. The molecule has 1 N–H and O–H groups in total. The second-order valence-corrected chi connectivity index (χ2v) is 6.15. The van der Waals surface area contributed by atoms with Gasteiger partial charge in [-0.25, -0.2) is 4.39 Å². The monoisotopic (exact) mass is 332 g/mol. The van der Waals surface area contributed by atoms with E-state index in [2.05, 4.69) is 5.32 Å². The van der Waals surface area contributed by atoms with Gasteiger partial charge in [-0.15, -0.1) is 0 Å². The van der Waals surface area contributed by atoms with Gasteiger partial charge in [-0.05, 0) is 43.2 Å². The SMILES string of the molecule is O=C(Nc1cccc(Cl)c1)C1CCN(c2ccccc2F)CC1. The molecule has 3 nitrogen and oxygen atoms in total. The first-order valence-electron chi connectivity index (χ1n) is 7.69. The normalized spacial score (nSPS) is 15.5. The second kappa shape index (κ2) is 7.01. The van der Waals surface area contributed by atoms with E-state index >= 15 is 0 Å². The minimum atomic E-state index is -0.214. The summed E-state index contributed by atoms with van der Waals surface area (Å²) in [6.45, 7) is 1.35. The average molecular weight is 333 g/mol. The number of nitrogens with zero attached hydrogens (tertiary/aromatic N) is 1. The molecule has 0 bridgehead atoms. The third kappa shape index (κ3) is 3.82. The predicted molar refractivity (Wildman–Crippen MR) is 91.4 cm³/mol. The molecule has 23 heavy (non-hydrogen) atoms. The van der Waals surface area contributed by atoms with Crippen LogP contribution in [-0.2, 0) is 4.79 Å². The molecule has 0 saturated carbocycles. The summed E-state index contributed by atoms with van der Waals surface area (Å²) in [5.74, 6) is -0.271. The van der Waals surface area contributed by atoms with Gasteiger partial charge in [0.1, 0.15) is 5.82 Å². The minimum absolute atomic E-state index is 0.000417. The van der Waals surface area contributed by atoms with E-state index in [4.69, 9.17) is 11.6 Å². The largest absolute Gasteiger partial charge is 0.369 e. The van der Waals surface area contributed by atoms with Crippen molar-refractivity contribution in [1.82, 2.24) is 0 Å². The molecular formula is C18H18ClFN2O. The molecule has 0 unspecified atom stereocenters. The van der Waals surface area contributed by atoms with Gasteiger partial charge in [0.15, 0.2) is 0 Å². The molecular weight excluding hydrogens is 315 g/mol. The molecule has 2 aromatic carbocycles. The Kier molecular flexibility index (Phi) is 4.82. The number of para-hydroxylation sites is 1. The fourth-order valence-electron chi connectivity index (χ4n) is 2.90. The van der Waals surface area contributed by atoms with Crippen molar-refractivity contribution in [3.05, 3.63) is 59.4 Å². The molecule has 3 rings (SSSR count). The van der Waals surface area contributed by atoms with Gasteiger partial charge in [0, 0.05) is 29.7 Å². The number of nitrogens with one attached hydrogen (secondary N) is 1. The molecule has 1 aliphatic rings. The highest BCUT2D eigenvalue weighted by Gasteiger charge is 2.26. The molecule has 0 aromatic heterocycles. The summed E-state index contributed by atoms with van der Waals surface area (Å²) in [5.41, 5.74) is 1.32. The van der Waals surface area contributed by atoms with Gasteiger partial charge in [0.2, 0.25) is 5.91 Å². The molecule has 0 atom stereocenters. The summed E-state index contributed by atoms with van der Waals surface area (Å²) < 4.78 is 13.8. The summed E-state index contributed by atoms with van der Waals surface area (Å²) in [6, 6.07) is 13.9. The van der Waals surface area contributed by atoms with Crippen LogP contribution in [0, 0.1) is 11.7 Å². The standard InChI is InChI=1S/C18H18ClFN2O/c19-14-4-3-5-15(12-14)21-18(23)13-8-10-22(11-9-13)17-7-2-1-6-16(17)20/h1-7,12-13H,8-11H2,(H,21,23). The number of hydrogen-bond donors (Lipinski definition) is 1. The lowest BCUT2D eigenvalue weighted by Gasteiger charge is -2.33. The fourth-order valence-corrected chi connectivity index (χ4v) is 3.09. The molecule has 2 aromatic rings. The van der Waals surface area contributed by atoms with E-state index in [-0.39, 0.29) is 17.6 Å². The Hall–Kier alpha value is -2.07. The van der Waals surface area contributed by atoms with Crippen LogP contribution < -0.4 is 10.2 Å². The average Bonchev–Trinajstić information content (AvgIpc) is 2.55. The number of carbonyl (C=O) groups excluding carboxylic acids is 1. The Balaban J connectivity index is 1.58. The molecule has 1 aliphatic heterocycles. The van der Waals surface area contributed by atoms with Crippen LogP contribution in [-0.4, -0.2) is 19.0 Å². The molecule has 0 radical (unpaired) electrons. The summed E-state index contributed by atoms with van der Waals surface area (Å²) >= 11 is 5.92. The maximum absolute atomic E-state index is 13.8. The first-order valence-corrected chi connectivity index (χ1v) is 8.07. The van der Waals surface area contributed by atoms with E-state index in [1.807, 2.05) is 17.0 Å². The zero-order chi connectivity index (χ0) is 16.2. The number of halogens is 2. The number of benzene rings is 2. The highest BCUT2D eigenvalue weighted by atomic mass is 35.5. The molecule has 0 spiro atoms. The first-order chi connectivity index (χ1) is 11.1. The van der Waals surface area contributed by atoms with Crippen molar-refractivity contribution in [2.24, 2.45) is 5.92 Å².